The highest BCUT2D eigenvalue weighted by molar-refractivity contribution is 7.98. The van der Waals surface area contributed by atoms with Gasteiger partial charge in [0.1, 0.15) is 0 Å². The summed E-state index contributed by atoms with van der Waals surface area (Å²) in [5.41, 5.74) is 1.08. The second-order valence-electron chi connectivity index (χ2n) is 5.54. The molecule has 0 aliphatic carbocycles. The van der Waals surface area contributed by atoms with Crippen molar-refractivity contribution in [2.24, 2.45) is 5.92 Å². The van der Waals surface area contributed by atoms with E-state index in [4.69, 9.17) is 5.11 Å². The fourth-order valence-corrected chi connectivity index (χ4v) is 3.44. The van der Waals surface area contributed by atoms with E-state index in [9.17, 15) is 9.59 Å². The number of rotatable bonds is 4. The summed E-state index contributed by atoms with van der Waals surface area (Å²) < 4.78 is 0. The molecule has 1 aliphatic heterocycles. The fraction of sp³-hybridized carbons (Fsp3) is 0.500. The largest absolute Gasteiger partial charge is 0.481 e. The topological polar surface area (TPSA) is 69.6 Å². The summed E-state index contributed by atoms with van der Waals surface area (Å²) in [5, 5.41) is 12.1. The van der Waals surface area contributed by atoms with Gasteiger partial charge in [-0.2, -0.15) is 0 Å². The molecule has 1 aromatic carbocycles. The van der Waals surface area contributed by atoms with Crippen LogP contribution in [0.1, 0.15) is 31.4 Å². The average Bonchev–Trinajstić information content (AvgIpc) is 2.54. The predicted octanol–water partition coefficient (Wildman–Crippen LogP) is 2.98. The number of thioether (sulfide) groups is 1. The number of likely N-dealkylation sites (tertiary alicyclic amines) is 1. The van der Waals surface area contributed by atoms with Gasteiger partial charge in [0.2, 0.25) is 0 Å². The number of benzene rings is 1. The molecule has 2 rings (SSSR count). The SMILES string of the molecule is CSc1ccccc1[C@@H](C)NC(=O)N1CCCC(C(=O)O)C1. The Bertz CT molecular complexity index is 550. The molecule has 2 atom stereocenters. The second kappa shape index (κ2) is 7.54. The summed E-state index contributed by atoms with van der Waals surface area (Å²) in [7, 11) is 0. The lowest BCUT2D eigenvalue weighted by Crippen LogP contribution is -2.47. The Hall–Kier alpha value is -1.69. The number of aliphatic carboxylic acids is 1. The van der Waals surface area contributed by atoms with E-state index in [1.165, 1.54) is 0 Å². The molecule has 2 N–H and O–H groups in total. The predicted molar refractivity (Wildman–Crippen MR) is 87.1 cm³/mol. The van der Waals surface area contributed by atoms with Gasteiger partial charge in [0.15, 0.2) is 0 Å². The summed E-state index contributed by atoms with van der Waals surface area (Å²) in [6.45, 7) is 2.86. The number of nitrogens with zero attached hydrogens (tertiary/aromatic N) is 1. The zero-order valence-electron chi connectivity index (χ0n) is 12.9. The molecule has 0 spiro atoms. The van der Waals surface area contributed by atoms with Crippen LogP contribution in [0.5, 0.6) is 0 Å². The molecule has 1 unspecified atom stereocenters. The van der Waals surface area contributed by atoms with Gasteiger partial charge >= 0.3 is 12.0 Å². The molecule has 0 saturated carbocycles. The van der Waals surface area contributed by atoms with E-state index in [2.05, 4.69) is 5.32 Å². The van der Waals surface area contributed by atoms with Crippen LogP contribution in [-0.2, 0) is 4.79 Å². The lowest BCUT2D eigenvalue weighted by atomic mass is 9.98. The third-order valence-corrected chi connectivity index (χ3v) is 4.81. The summed E-state index contributed by atoms with van der Waals surface area (Å²) in [4.78, 5) is 26.2. The third-order valence-electron chi connectivity index (χ3n) is 4.00. The van der Waals surface area contributed by atoms with Gasteiger partial charge in [-0.1, -0.05) is 18.2 Å². The smallest absolute Gasteiger partial charge is 0.317 e. The molecule has 0 aromatic heterocycles. The molecule has 2 amide bonds. The Morgan fingerprint density at radius 1 is 1.41 bits per heavy atom. The van der Waals surface area contributed by atoms with Crippen LogP contribution in [0.4, 0.5) is 4.79 Å². The van der Waals surface area contributed by atoms with Crippen molar-refractivity contribution in [3.8, 4) is 0 Å². The first-order valence-electron chi connectivity index (χ1n) is 7.44. The number of carbonyl (C=O) groups excluding carboxylic acids is 1. The van der Waals surface area contributed by atoms with Crippen LogP contribution in [0, 0.1) is 5.92 Å². The Labute approximate surface area is 135 Å². The minimum atomic E-state index is -0.821. The second-order valence-corrected chi connectivity index (χ2v) is 6.38. The quantitative estimate of drug-likeness (QED) is 0.836. The lowest BCUT2D eigenvalue weighted by molar-refractivity contribution is -0.143. The first-order valence-corrected chi connectivity index (χ1v) is 8.66. The zero-order chi connectivity index (χ0) is 16.1. The van der Waals surface area contributed by atoms with Crippen LogP contribution in [-0.4, -0.2) is 41.4 Å². The van der Waals surface area contributed by atoms with Gasteiger partial charge in [0.25, 0.3) is 0 Å². The van der Waals surface area contributed by atoms with Crippen LogP contribution in [0.15, 0.2) is 29.2 Å². The van der Waals surface area contributed by atoms with Crippen molar-refractivity contribution in [3.63, 3.8) is 0 Å². The number of carboxylic acids is 1. The molecule has 1 saturated heterocycles. The van der Waals surface area contributed by atoms with E-state index >= 15 is 0 Å². The molecule has 120 valence electrons. The van der Waals surface area contributed by atoms with Crippen LogP contribution in [0.2, 0.25) is 0 Å². The maximum absolute atomic E-state index is 12.4. The highest BCUT2D eigenvalue weighted by atomic mass is 32.2. The molecule has 0 radical (unpaired) electrons. The first kappa shape index (κ1) is 16.7. The summed E-state index contributed by atoms with van der Waals surface area (Å²) in [5.74, 6) is -1.27. The van der Waals surface area contributed by atoms with Gasteiger partial charge in [-0.05, 0) is 37.7 Å². The van der Waals surface area contributed by atoms with Crippen LogP contribution < -0.4 is 5.32 Å². The fourth-order valence-electron chi connectivity index (χ4n) is 2.74. The van der Waals surface area contributed by atoms with Gasteiger partial charge < -0.3 is 15.3 Å². The van der Waals surface area contributed by atoms with E-state index in [0.29, 0.717) is 13.0 Å². The normalized spacial score (nSPS) is 19.5. The molecular weight excluding hydrogens is 300 g/mol. The molecule has 5 nitrogen and oxygen atoms in total. The van der Waals surface area contributed by atoms with Crippen molar-refractivity contribution >= 4 is 23.8 Å². The number of nitrogens with one attached hydrogen (secondary N) is 1. The van der Waals surface area contributed by atoms with Crippen LogP contribution in [0.3, 0.4) is 0 Å². The van der Waals surface area contributed by atoms with Crippen molar-refractivity contribution in [1.82, 2.24) is 10.2 Å². The van der Waals surface area contributed by atoms with E-state index in [1.54, 1.807) is 16.7 Å². The lowest BCUT2D eigenvalue weighted by Gasteiger charge is -2.32. The van der Waals surface area contributed by atoms with E-state index in [0.717, 1.165) is 16.9 Å². The van der Waals surface area contributed by atoms with E-state index in [-0.39, 0.29) is 18.6 Å². The van der Waals surface area contributed by atoms with Gasteiger partial charge in [0, 0.05) is 18.0 Å². The zero-order valence-corrected chi connectivity index (χ0v) is 13.7. The Morgan fingerprint density at radius 3 is 2.82 bits per heavy atom. The molecule has 1 aromatic rings. The first-order chi connectivity index (χ1) is 10.5. The van der Waals surface area contributed by atoms with Gasteiger partial charge in [0.05, 0.1) is 12.0 Å². The monoisotopic (exact) mass is 322 g/mol. The maximum atomic E-state index is 12.4. The highest BCUT2D eigenvalue weighted by Gasteiger charge is 2.28. The molecule has 1 fully saturated rings. The van der Waals surface area contributed by atoms with Gasteiger partial charge in [-0.25, -0.2) is 4.79 Å². The molecule has 0 bridgehead atoms. The number of carbonyl (C=O) groups is 2. The molecule has 22 heavy (non-hydrogen) atoms. The van der Waals surface area contributed by atoms with E-state index < -0.39 is 11.9 Å². The van der Waals surface area contributed by atoms with Crippen LogP contribution >= 0.6 is 11.8 Å². The minimum Gasteiger partial charge on any atom is -0.481 e. The highest BCUT2D eigenvalue weighted by Crippen LogP contribution is 2.26. The van der Waals surface area contributed by atoms with Crippen molar-refractivity contribution in [1.29, 1.82) is 0 Å². The molecule has 1 heterocycles. The number of carboxylic acid groups (broad SMARTS) is 1. The van der Waals surface area contributed by atoms with Crippen LogP contribution in [0.25, 0.3) is 0 Å². The number of amides is 2. The van der Waals surface area contributed by atoms with Gasteiger partial charge in [-0.15, -0.1) is 11.8 Å². The Balaban J connectivity index is 2.00. The standard InChI is InChI=1S/C16H22N2O3S/c1-11(13-7-3-4-8-14(13)22-2)17-16(21)18-9-5-6-12(10-18)15(19)20/h3-4,7-8,11-12H,5-6,9-10H2,1-2H3,(H,17,21)(H,19,20)/t11-,12?/m1/s1. The van der Waals surface area contributed by atoms with Gasteiger partial charge in [-0.3, -0.25) is 4.79 Å². The number of urea groups is 1. The van der Waals surface area contributed by atoms with Crippen molar-refractivity contribution in [2.75, 3.05) is 19.3 Å². The molecule has 1 aliphatic rings. The minimum absolute atomic E-state index is 0.110. The summed E-state index contributed by atoms with van der Waals surface area (Å²) in [6, 6.07) is 7.68. The number of hydrogen-bond acceptors (Lipinski definition) is 3. The maximum Gasteiger partial charge on any atom is 0.317 e. The van der Waals surface area contributed by atoms with Crippen molar-refractivity contribution < 1.29 is 14.7 Å². The number of hydrogen-bond donors (Lipinski definition) is 2. The van der Waals surface area contributed by atoms with Crippen molar-refractivity contribution in [3.05, 3.63) is 29.8 Å². The Kier molecular flexibility index (Phi) is 5.71. The summed E-state index contributed by atoms with van der Waals surface area (Å²) in [6.07, 6.45) is 3.39. The Morgan fingerprint density at radius 2 is 2.14 bits per heavy atom. The van der Waals surface area contributed by atoms with E-state index in [1.807, 2.05) is 37.4 Å². The van der Waals surface area contributed by atoms with Crippen molar-refractivity contribution in [2.45, 2.75) is 30.7 Å². The average molecular weight is 322 g/mol. The third kappa shape index (κ3) is 3.94. The molecular formula is C16H22N2O3S. The number of piperidine rings is 1. The molecule has 6 heteroatoms. The summed E-state index contributed by atoms with van der Waals surface area (Å²) >= 11 is 1.65.